The fourth-order valence-corrected chi connectivity index (χ4v) is 2.89. The minimum atomic E-state index is -0.0217. The number of nitrogens with one attached hydrogen (secondary N) is 1. The molecule has 0 spiro atoms. The van der Waals surface area contributed by atoms with Gasteiger partial charge in [0.05, 0.1) is 6.04 Å². The van der Waals surface area contributed by atoms with Crippen LogP contribution >= 0.6 is 0 Å². The number of aromatic nitrogens is 2. The molecule has 7 heteroatoms. The predicted octanol–water partition coefficient (Wildman–Crippen LogP) is 1.98. The van der Waals surface area contributed by atoms with Gasteiger partial charge in [0, 0.05) is 25.1 Å². The van der Waals surface area contributed by atoms with E-state index in [0.29, 0.717) is 5.82 Å². The van der Waals surface area contributed by atoms with E-state index >= 15 is 0 Å². The first kappa shape index (κ1) is 15.6. The SMILES string of the molecule is C[C@H](Nc1ncnc(N)c1C#N)C1N(C)C=CN1c1ccccc1. The van der Waals surface area contributed by atoms with Crippen molar-refractivity contribution in [3.8, 4) is 6.07 Å². The van der Waals surface area contributed by atoms with E-state index in [4.69, 9.17) is 5.73 Å². The maximum absolute atomic E-state index is 9.28. The Morgan fingerprint density at radius 2 is 2.00 bits per heavy atom. The van der Waals surface area contributed by atoms with E-state index in [1.165, 1.54) is 6.33 Å². The van der Waals surface area contributed by atoms with Crippen LogP contribution in [0.1, 0.15) is 12.5 Å². The van der Waals surface area contributed by atoms with Gasteiger partial charge >= 0.3 is 0 Å². The maximum atomic E-state index is 9.28. The summed E-state index contributed by atoms with van der Waals surface area (Å²) in [5.74, 6) is 0.630. The summed E-state index contributed by atoms with van der Waals surface area (Å²) in [5, 5.41) is 12.6. The zero-order valence-corrected chi connectivity index (χ0v) is 13.6. The van der Waals surface area contributed by atoms with Crippen LogP contribution in [0.2, 0.25) is 0 Å². The van der Waals surface area contributed by atoms with Crippen LogP contribution in [-0.2, 0) is 0 Å². The van der Waals surface area contributed by atoms with Crippen LogP contribution in [0.15, 0.2) is 49.1 Å². The largest absolute Gasteiger partial charge is 0.382 e. The Morgan fingerprint density at radius 3 is 2.71 bits per heavy atom. The van der Waals surface area contributed by atoms with Gasteiger partial charge in [-0.2, -0.15) is 5.26 Å². The minimum Gasteiger partial charge on any atom is -0.382 e. The van der Waals surface area contributed by atoms with Crippen molar-refractivity contribution < 1.29 is 0 Å². The van der Waals surface area contributed by atoms with Crippen molar-refractivity contribution in [2.75, 3.05) is 23.0 Å². The van der Waals surface area contributed by atoms with Gasteiger partial charge in [-0.25, -0.2) is 9.97 Å². The summed E-state index contributed by atoms with van der Waals surface area (Å²) in [7, 11) is 2.02. The number of nitriles is 1. The van der Waals surface area contributed by atoms with Gasteiger partial charge in [-0.3, -0.25) is 0 Å². The third kappa shape index (κ3) is 2.82. The van der Waals surface area contributed by atoms with Crippen molar-refractivity contribution in [1.82, 2.24) is 14.9 Å². The highest BCUT2D eigenvalue weighted by Gasteiger charge is 2.30. The molecule has 7 nitrogen and oxygen atoms in total. The van der Waals surface area contributed by atoms with Gasteiger partial charge in [-0.1, -0.05) is 18.2 Å². The Balaban J connectivity index is 1.85. The lowest BCUT2D eigenvalue weighted by atomic mass is 10.2. The van der Waals surface area contributed by atoms with Crippen molar-refractivity contribution in [3.63, 3.8) is 0 Å². The summed E-state index contributed by atoms with van der Waals surface area (Å²) >= 11 is 0. The lowest BCUT2D eigenvalue weighted by Crippen LogP contribution is -2.48. The normalized spacial score (nSPS) is 17.6. The summed E-state index contributed by atoms with van der Waals surface area (Å²) in [6, 6.07) is 12.2. The summed E-state index contributed by atoms with van der Waals surface area (Å²) < 4.78 is 0. The molecule has 2 aromatic rings. The first-order valence-electron chi connectivity index (χ1n) is 7.62. The number of rotatable bonds is 4. The third-order valence-electron chi connectivity index (χ3n) is 4.02. The fraction of sp³-hybridized carbons (Fsp3) is 0.235. The molecular weight excluding hydrogens is 302 g/mol. The molecule has 2 atom stereocenters. The molecule has 0 fully saturated rings. The third-order valence-corrected chi connectivity index (χ3v) is 4.02. The summed E-state index contributed by atoms with van der Waals surface area (Å²) in [5.41, 5.74) is 7.12. The van der Waals surface area contributed by atoms with Gasteiger partial charge in [-0.15, -0.1) is 0 Å². The molecule has 0 saturated heterocycles. The molecule has 0 amide bonds. The molecule has 2 heterocycles. The molecule has 0 saturated carbocycles. The van der Waals surface area contributed by atoms with E-state index in [1.807, 2.05) is 44.6 Å². The zero-order chi connectivity index (χ0) is 17.1. The standard InChI is InChI=1S/C17H19N7/c1-12(22-16-14(10-18)15(19)20-11-21-16)17-23(2)8-9-24(17)13-6-4-3-5-7-13/h3-9,11-12,17H,1-2H3,(H3,19,20,21,22)/t12-,17?/m0/s1. The van der Waals surface area contributed by atoms with E-state index in [9.17, 15) is 5.26 Å². The average molecular weight is 321 g/mol. The summed E-state index contributed by atoms with van der Waals surface area (Å²) in [6.45, 7) is 2.05. The Kier molecular flexibility index (Phi) is 4.20. The number of likely N-dealkylation sites (N-methyl/N-ethyl adjacent to an activating group) is 1. The Labute approximate surface area is 141 Å². The minimum absolute atomic E-state index is 0.0217. The van der Waals surface area contributed by atoms with E-state index in [-0.39, 0.29) is 23.6 Å². The first-order chi connectivity index (χ1) is 11.6. The molecule has 1 aliphatic heterocycles. The van der Waals surface area contributed by atoms with Crippen LogP contribution in [0.3, 0.4) is 0 Å². The number of hydrogen-bond donors (Lipinski definition) is 2. The van der Waals surface area contributed by atoms with Crippen LogP contribution in [0.25, 0.3) is 0 Å². The van der Waals surface area contributed by atoms with Gasteiger partial charge in [0.1, 0.15) is 35.8 Å². The number of nitrogens with zero attached hydrogens (tertiary/aromatic N) is 5. The molecule has 24 heavy (non-hydrogen) atoms. The van der Waals surface area contributed by atoms with Gasteiger partial charge in [0.25, 0.3) is 0 Å². The smallest absolute Gasteiger partial charge is 0.149 e. The topological polar surface area (TPSA) is 94.1 Å². The second-order valence-electron chi connectivity index (χ2n) is 5.65. The van der Waals surface area contributed by atoms with Crippen molar-refractivity contribution in [2.45, 2.75) is 19.1 Å². The molecule has 122 valence electrons. The summed E-state index contributed by atoms with van der Waals surface area (Å²) in [4.78, 5) is 12.3. The first-order valence-corrected chi connectivity index (χ1v) is 7.62. The van der Waals surface area contributed by atoms with E-state index in [0.717, 1.165) is 5.69 Å². The predicted molar refractivity (Wildman–Crippen MR) is 93.9 cm³/mol. The lowest BCUT2D eigenvalue weighted by molar-refractivity contribution is 0.329. The fourth-order valence-electron chi connectivity index (χ4n) is 2.89. The van der Waals surface area contributed by atoms with E-state index in [2.05, 4.69) is 43.3 Å². The van der Waals surface area contributed by atoms with Gasteiger partial charge in [0.15, 0.2) is 0 Å². The van der Waals surface area contributed by atoms with Crippen LogP contribution in [-0.4, -0.2) is 34.1 Å². The van der Waals surface area contributed by atoms with E-state index in [1.54, 1.807) is 0 Å². The summed E-state index contributed by atoms with van der Waals surface area (Å²) in [6.07, 6.45) is 5.46. The Morgan fingerprint density at radius 1 is 1.25 bits per heavy atom. The molecule has 0 aliphatic carbocycles. The van der Waals surface area contributed by atoms with Crippen LogP contribution in [0.5, 0.6) is 0 Å². The van der Waals surface area contributed by atoms with Crippen molar-refractivity contribution in [1.29, 1.82) is 5.26 Å². The molecule has 3 rings (SSSR count). The van der Waals surface area contributed by atoms with Crippen molar-refractivity contribution in [3.05, 3.63) is 54.6 Å². The van der Waals surface area contributed by atoms with Gasteiger partial charge in [-0.05, 0) is 19.1 Å². The number of benzene rings is 1. The molecule has 0 bridgehead atoms. The second kappa shape index (κ2) is 6.46. The monoisotopic (exact) mass is 321 g/mol. The molecular formula is C17H19N7. The Hall–Kier alpha value is -3.27. The van der Waals surface area contributed by atoms with Crippen molar-refractivity contribution in [2.24, 2.45) is 0 Å². The molecule has 1 unspecified atom stereocenters. The number of para-hydroxylation sites is 1. The van der Waals surface area contributed by atoms with E-state index < -0.39 is 0 Å². The quantitative estimate of drug-likeness (QED) is 0.889. The molecule has 1 aromatic heterocycles. The number of nitrogens with two attached hydrogens (primary N) is 1. The van der Waals surface area contributed by atoms with Gasteiger partial charge in [0.2, 0.25) is 0 Å². The number of anilines is 3. The number of hydrogen-bond acceptors (Lipinski definition) is 7. The molecule has 0 radical (unpaired) electrons. The molecule has 3 N–H and O–H groups in total. The second-order valence-corrected chi connectivity index (χ2v) is 5.65. The average Bonchev–Trinajstić information content (AvgIpc) is 2.97. The molecule has 1 aliphatic rings. The van der Waals surface area contributed by atoms with Crippen LogP contribution in [0.4, 0.5) is 17.3 Å². The lowest BCUT2D eigenvalue weighted by Gasteiger charge is -2.35. The van der Waals surface area contributed by atoms with Crippen LogP contribution < -0.4 is 16.0 Å². The molecule has 1 aromatic carbocycles. The van der Waals surface area contributed by atoms with Crippen molar-refractivity contribution >= 4 is 17.3 Å². The highest BCUT2D eigenvalue weighted by atomic mass is 15.4. The van der Waals surface area contributed by atoms with Gasteiger partial charge < -0.3 is 20.9 Å². The van der Waals surface area contributed by atoms with Crippen LogP contribution in [0, 0.1) is 11.3 Å². The highest BCUT2D eigenvalue weighted by molar-refractivity contribution is 5.62. The maximum Gasteiger partial charge on any atom is 0.149 e. The highest BCUT2D eigenvalue weighted by Crippen LogP contribution is 2.27. The number of nitrogen functional groups attached to an aromatic ring is 1. The Bertz CT molecular complexity index is 781. The zero-order valence-electron chi connectivity index (χ0n) is 13.6.